The van der Waals surface area contributed by atoms with Gasteiger partial charge in [-0.3, -0.25) is 9.63 Å². The Labute approximate surface area is 238 Å². The average Bonchev–Trinajstić information content (AvgIpc) is 3.70. The molecule has 0 radical (unpaired) electrons. The van der Waals surface area contributed by atoms with Crippen LogP contribution < -0.4 is 5.32 Å². The molecule has 0 spiro atoms. The topological polar surface area (TPSA) is 94.4 Å². The third-order valence-electron chi connectivity index (χ3n) is 7.78. The van der Waals surface area contributed by atoms with Gasteiger partial charge in [0, 0.05) is 63.5 Å². The summed E-state index contributed by atoms with van der Waals surface area (Å²) < 4.78 is 21.1. The third-order valence-corrected chi connectivity index (χ3v) is 7.78. The monoisotopic (exact) mass is 556 g/mol. The second-order valence-corrected chi connectivity index (χ2v) is 10.6. The van der Waals surface area contributed by atoms with Gasteiger partial charge in [0.05, 0.1) is 23.7 Å². The zero-order valence-corrected chi connectivity index (χ0v) is 23.2. The number of rotatable bonds is 10. The number of pyridine rings is 2. The van der Waals surface area contributed by atoms with Crippen LogP contribution in [0.15, 0.2) is 60.9 Å². The van der Waals surface area contributed by atoms with Gasteiger partial charge in [-0.2, -0.15) is 14.6 Å². The van der Waals surface area contributed by atoms with Crippen molar-refractivity contribution in [1.29, 1.82) is 0 Å². The SMILES string of the molecule is COCCN1C[C@@H](CC(=O)Cc2c(C)c(-c3cnc4c(c3)CCN4)nn2-c2ccccc2)[C@H](c2ccnc(F)c2)O1. The van der Waals surface area contributed by atoms with Crippen molar-refractivity contribution in [3.63, 3.8) is 0 Å². The minimum Gasteiger partial charge on any atom is -0.383 e. The number of aromatic nitrogens is 4. The van der Waals surface area contributed by atoms with Crippen LogP contribution in [0.5, 0.6) is 0 Å². The van der Waals surface area contributed by atoms with Crippen molar-refractivity contribution in [2.24, 2.45) is 5.92 Å². The highest BCUT2D eigenvalue weighted by molar-refractivity contribution is 5.82. The Kier molecular flexibility index (Phi) is 7.86. The van der Waals surface area contributed by atoms with Gasteiger partial charge in [-0.1, -0.05) is 18.2 Å². The number of fused-ring (bicyclic) bond motifs is 1. The molecule has 1 N–H and O–H groups in total. The fourth-order valence-electron chi connectivity index (χ4n) is 5.74. The summed E-state index contributed by atoms with van der Waals surface area (Å²) in [6, 6.07) is 15.1. The second-order valence-electron chi connectivity index (χ2n) is 10.6. The van der Waals surface area contributed by atoms with E-state index < -0.39 is 12.1 Å². The molecule has 3 aromatic heterocycles. The molecule has 2 atom stereocenters. The molecule has 1 aromatic carbocycles. The minimum absolute atomic E-state index is 0.0646. The lowest BCUT2D eigenvalue weighted by molar-refractivity contribution is -0.155. The van der Waals surface area contributed by atoms with E-state index in [1.807, 2.05) is 48.1 Å². The van der Waals surface area contributed by atoms with Crippen LogP contribution in [0.4, 0.5) is 10.2 Å². The van der Waals surface area contributed by atoms with E-state index in [0.717, 1.165) is 47.0 Å². The van der Waals surface area contributed by atoms with Crippen LogP contribution in [0.1, 0.15) is 34.9 Å². The highest BCUT2D eigenvalue weighted by atomic mass is 19.1. The first-order valence-corrected chi connectivity index (χ1v) is 13.9. The summed E-state index contributed by atoms with van der Waals surface area (Å²) >= 11 is 0. The summed E-state index contributed by atoms with van der Waals surface area (Å²) in [4.78, 5) is 28.2. The predicted octanol–water partition coefficient (Wildman–Crippen LogP) is 4.50. The molecule has 9 nitrogen and oxygen atoms in total. The molecule has 0 amide bonds. The summed E-state index contributed by atoms with van der Waals surface area (Å²) in [5, 5.41) is 10.1. The highest BCUT2D eigenvalue weighted by Gasteiger charge is 2.37. The fraction of sp³-hybridized carbons (Fsp3) is 0.355. The third kappa shape index (κ3) is 5.76. The van der Waals surface area contributed by atoms with Gasteiger partial charge in [-0.25, -0.2) is 14.6 Å². The van der Waals surface area contributed by atoms with Gasteiger partial charge in [0.2, 0.25) is 5.95 Å². The standard InChI is InChI=1S/C31H33FN6O3/c1-20-27(17-26(39)15-24-19-37(12-13-40-2)41-30(24)21-8-10-33-28(32)16-21)38(25-6-4-3-5-7-25)36-29(20)23-14-22-9-11-34-31(22)35-18-23/h3-8,10,14,16,18,24,30H,9,11-13,15,17,19H2,1-2H3,(H,34,35)/t24-,30+/m1/s1. The number of halogens is 1. The molecule has 0 aliphatic carbocycles. The van der Waals surface area contributed by atoms with Crippen LogP contribution in [-0.4, -0.2) is 63.9 Å². The summed E-state index contributed by atoms with van der Waals surface area (Å²) in [5.74, 6) is 0.265. The summed E-state index contributed by atoms with van der Waals surface area (Å²) in [6.45, 7) is 4.48. The van der Waals surface area contributed by atoms with Gasteiger partial charge in [0.25, 0.3) is 0 Å². The molecule has 4 aromatic rings. The van der Waals surface area contributed by atoms with E-state index in [9.17, 15) is 9.18 Å². The normalized spacial score (nSPS) is 18.4. The van der Waals surface area contributed by atoms with Crippen molar-refractivity contribution < 1.29 is 18.8 Å². The first-order chi connectivity index (χ1) is 20.0. The molecular weight excluding hydrogens is 523 g/mol. The predicted molar refractivity (Wildman–Crippen MR) is 152 cm³/mol. The lowest BCUT2D eigenvalue weighted by Gasteiger charge is -2.17. The number of hydrogen-bond acceptors (Lipinski definition) is 8. The van der Waals surface area contributed by atoms with Crippen LogP contribution in [0.25, 0.3) is 16.9 Å². The minimum atomic E-state index is -0.571. The van der Waals surface area contributed by atoms with Gasteiger partial charge in [-0.15, -0.1) is 0 Å². The number of nitrogens with one attached hydrogen (secondary N) is 1. The molecule has 6 rings (SSSR count). The van der Waals surface area contributed by atoms with E-state index in [1.165, 1.54) is 17.8 Å². The van der Waals surface area contributed by atoms with Crippen molar-refractivity contribution in [2.45, 2.75) is 32.3 Å². The Hall–Kier alpha value is -3.99. The van der Waals surface area contributed by atoms with Crippen LogP contribution in [0.2, 0.25) is 0 Å². The second kappa shape index (κ2) is 11.9. The molecule has 0 bridgehead atoms. The fourth-order valence-corrected chi connectivity index (χ4v) is 5.74. The molecule has 10 heteroatoms. The molecule has 2 aliphatic rings. The first-order valence-electron chi connectivity index (χ1n) is 13.9. The van der Waals surface area contributed by atoms with E-state index in [1.54, 1.807) is 18.2 Å². The average molecular weight is 557 g/mol. The zero-order valence-electron chi connectivity index (χ0n) is 23.2. The maximum absolute atomic E-state index is 14.0. The van der Waals surface area contributed by atoms with E-state index in [-0.39, 0.29) is 24.5 Å². The summed E-state index contributed by atoms with van der Waals surface area (Å²) in [7, 11) is 1.63. The number of para-hydroxylation sites is 1. The Morgan fingerprint density at radius 2 is 2.05 bits per heavy atom. The highest BCUT2D eigenvalue weighted by Crippen LogP contribution is 2.37. The molecule has 41 heavy (non-hydrogen) atoms. The summed E-state index contributed by atoms with van der Waals surface area (Å²) in [6.07, 6.45) is 4.23. The quantitative estimate of drug-likeness (QED) is 0.286. The Morgan fingerprint density at radius 3 is 2.85 bits per heavy atom. The Morgan fingerprint density at radius 1 is 1.20 bits per heavy atom. The number of nitrogens with zero attached hydrogens (tertiary/aromatic N) is 5. The lowest BCUT2D eigenvalue weighted by Crippen LogP contribution is -2.24. The number of hydroxylamine groups is 2. The van der Waals surface area contributed by atoms with Crippen LogP contribution >= 0.6 is 0 Å². The molecule has 0 saturated carbocycles. The number of anilines is 1. The molecule has 2 aliphatic heterocycles. The molecule has 1 fully saturated rings. The van der Waals surface area contributed by atoms with Crippen molar-refractivity contribution >= 4 is 11.6 Å². The molecule has 1 saturated heterocycles. The lowest BCUT2D eigenvalue weighted by atomic mass is 9.91. The van der Waals surface area contributed by atoms with Crippen LogP contribution in [0, 0.1) is 18.8 Å². The van der Waals surface area contributed by atoms with Crippen molar-refractivity contribution in [1.82, 2.24) is 24.8 Å². The van der Waals surface area contributed by atoms with Gasteiger partial charge in [-0.05, 0) is 60.4 Å². The van der Waals surface area contributed by atoms with Gasteiger partial charge in [0.15, 0.2) is 0 Å². The molecule has 212 valence electrons. The number of carbonyl (C=O) groups is 1. The Bertz CT molecular complexity index is 1540. The van der Waals surface area contributed by atoms with E-state index in [4.69, 9.17) is 14.7 Å². The first kappa shape index (κ1) is 27.2. The van der Waals surface area contributed by atoms with Crippen molar-refractivity contribution in [2.75, 3.05) is 38.7 Å². The Balaban J connectivity index is 1.28. The van der Waals surface area contributed by atoms with E-state index >= 15 is 0 Å². The van der Waals surface area contributed by atoms with Crippen LogP contribution in [0.3, 0.4) is 0 Å². The maximum atomic E-state index is 14.0. The van der Waals surface area contributed by atoms with Crippen molar-refractivity contribution in [3.05, 3.63) is 89.3 Å². The number of carbonyl (C=O) groups excluding carboxylic acids is 1. The van der Waals surface area contributed by atoms with E-state index in [2.05, 4.69) is 21.4 Å². The number of hydrogen-bond donors (Lipinski definition) is 1. The number of Topliss-reactive ketones (excluding diaryl/α,β-unsaturated/α-hetero) is 1. The maximum Gasteiger partial charge on any atom is 0.213 e. The van der Waals surface area contributed by atoms with Gasteiger partial charge >= 0.3 is 0 Å². The van der Waals surface area contributed by atoms with Crippen molar-refractivity contribution in [3.8, 4) is 16.9 Å². The van der Waals surface area contributed by atoms with E-state index in [0.29, 0.717) is 25.3 Å². The van der Waals surface area contributed by atoms with Gasteiger partial charge in [0.1, 0.15) is 17.7 Å². The largest absolute Gasteiger partial charge is 0.383 e. The number of benzene rings is 1. The molecule has 5 heterocycles. The molecule has 0 unspecified atom stereocenters. The zero-order chi connectivity index (χ0) is 28.3. The number of ketones is 1. The summed E-state index contributed by atoms with van der Waals surface area (Å²) in [5.41, 5.74) is 6.28. The smallest absolute Gasteiger partial charge is 0.213 e. The van der Waals surface area contributed by atoms with Crippen LogP contribution in [-0.2, 0) is 27.2 Å². The van der Waals surface area contributed by atoms with Gasteiger partial charge < -0.3 is 10.1 Å². The number of methoxy groups -OCH3 is 1. The molecular formula is C31H33FN6O3. The number of ether oxygens (including phenoxy) is 1.